The van der Waals surface area contributed by atoms with E-state index < -0.39 is 48.5 Å². The Morgan fingerprint density at radius 3 is 1.72 bits per heavy atom. The van der Waals surface area contributed by atoms with Crippen LogP contribution in [0.15, 0.2) is 36.5 Å². The normalized spacial score (nSPS) is 12.0. The summed E-state index contributed by atoms with van der Waals surface area (Å²) in [6.45, 7) is 12.2. The molecule has 0 fully saturated rings. The summed E-state index contributed by atoms with van der Waals surface area (Å²) < 4.78 is 14.7. The molecule has 0 aliphatic carbocycles. The molecule has 0 aliphatic rings. The molecule has 0 aromatic heterocycles. The highest BCUT2D eigenvalue weighted by atomic mass is 16.7. The second kappa shape index (κ2) is 9.70. The third-order valence-corrected chi connectivity index (χ3v) is 2.96. The molecule has 0 aromatic rings. The third-order valence-electron chi connectivity index (χ3n) is 2.96. The van der Waals surface area contributed by atoms with Gasteiger partial charge in [0.05, 0.1) is 0 Å². The van der Waals surface area contributed by atoms with Gasteiger partial charge in [-0.1, -0.05) is 19.7 Å². The Balaban J connectivity index is 5.36. The molecule has 1 atom stereocenters. The van der Waals surface area contributed by atoms with Crippen molar-refractivity contribution in [1.82, 2.24) is 0 Å². The highest BCUT2D eigenvalue weighted by Gasteiger charge is 2.47. The third kappa shape index (κ3) is 7.27. The summed E-state index contributed by atoms with van der Waals surface area (Å²) in [5.41, 5.74) is -1.82. The van der Waals surface area contributed by atoms with E-state index in [-0.39, 0.29) is 16.7 Å². The van der Waals surface area contributed by atoms with Crippen LogP contribution in [0.3, 0.4) is 0 Å². The number of esters is 2. The molecule has 0 saturated heterocycles. The topological polar surface area (TPSA) is 125 Å². The first-order valence-electron chi connectivity index (χ1n) is 7.18. The van der Waals surface area contributed by atoms with E-state index in [1.165, 1.54) is 20.8 Å². The summed E-state index contributed by atoms with van der Waals surface area (Å²) in [6.07, 6.45) is -1.46. The monoisotopic (exact) mass is 357 g/mol. The van der Waals surface area contributed by atoms with Gasteiger partial charge >= 0.3 is 17.5 Å². The number of rotatable bonds is 11. The molecule has 0 spiro atoms. The van der Waals surface area contributed by atoms with Crippen LogP contribution in [0.4, 0.5) is 0 Å². The first kappa shape index (κ1) is 22.5. The summed E-state index contributed by atoms with van der Waals surface area (Å²) >= 11 is 0. The van der Waals surface area contributed by atoms with Gasteiger partial charge in [-0.2, -0.15) is 0 Å². The second-order valence-corrected chi connectivity index (χ2v) is 5.70. The van der Waals surface area contributed by atoms with Gasteiger partial charge in [-0.15, -0.1) is 0 Å². The van der Waals surface area contributed by atoms with E-state index in [9.17, 15) is 24.8 Å². The molecule has 1 unspecified atom stereocenters. The minimum atomic E-state index is -2.12. The first-order valence-corrected chi connectivity index (χ1v) is 7.18. The second-order valence-electron chi connectivity index (χ2n) is 5.70. The van der Waals surface area contributed by atoms with Crippen LogP contribution < -0.4 is 0 Å². The zero-order valence-electron chi connectivity index (χ0n) is 14.6. The van der Waals surface area contributed by atoms with E-state index in [0.717, 1.165) is 0 Å². The summed E-state index contributed by atoms with van der Waals surface area (Å²) in [5.74, 6) is -1.70. The lowest BCUT2D eigenvalue weighted by Gasteiger charge is -2.25. The molecule has 0 aromatic carbocycles. The summed E-state index contributed by atoms with van der Waals surface area (Å²) in [5, 5.41) is 21.2. The zero-order valence-corrected chi connectivity index (χ0v) is 14.6. The van der Waals surface area contributed by atoms with Crippen LogP contribution in [0.5, 0.6) is 0 Å². The van der Waals surface area contributed by atoms with E-state index in [0.29, 0.717) is 0 Å². The average Bonchev–Trinajstić information content (AvgIpc) is 2.52. The number of nitro groups is 1. The van der Waals surface area contributed by atoms with Gasteiger partial charge in [0.15, 0.2) is 19.5 Å². The van der Waals surface area contributed by atoms with Gasteiger partial charge in [-0.05, 0) is 26.3 Å². The lowest BCUT2D eigenvalue weighted by Crippen LogP contribution is -2.53. The summed E-state index contributed by atoms with van der Waals surface area (Å²) in [4.78, 5) is 33.8. The Hall–Kier alpha value is -2.52. The summed E-state index contributed by atoms with van der Waals surface area (Å²) in [6, 6.07) is 0. The van der Waals surface area contributed by atoms with Gasteiger partial charge in [0.2, 0.25) is 0 Å². The van der Waals surface area contributed by atoms with Crippen LogP contribution in [0, 0.1) is 10.1 Å². The molecule has 0 radical (unpaired) electrons. The number of hydrogen-bond acceptors (Lipinski definition) is 8. The fraction of sp³-hybridized carbons (Fsp3) is 0.500. The fourth-order valence-corrected chi connectivity index (χ4v) is 1.31. The van der Waals surface area contributed by atoms with Gasteiger partial charge in [0, 0.05) is 16.1 Å². The average molecular weight is 357 g/mol. The standard InChI is InChI=1S/C16H23NO8/c1-10(2)13(18)23-7-16(17(21)22,8-24-14(19)11(3)4)9-25-15(20)12(5)6/h13,18H,1,3,5,7-9H2,2,4,6H3. The molecule has 140 valence electrons. The van der Waals surface area contributed by atoms with Crippen LogP contribution in [-0.4, -0.2) is 53.6 Å². The van der Waals surface area contributed by atoms with Crippen molar-refractivity contribution in [1.29, 1.82) is 0 Å². The Kier molecular flexibility index (Phi) is 8.72. The number of aliphatic hydroxyl groups excluding tert-OH is 1. The van der Waals surface area contributed by atoms with Crippen molar-refractivity contribution in [2.75, 3.05) is 19.8 Å². The molecule has 9 nitrogen and oxygen atoms in total. The van der Waals surface area contributed by atoms with Gasteiger partial charge < -0.3 is 19.3 Å². The molecule has 0 saturated carbocycles. The Morgan fingerprint density at radius 2 is 1.44 bits per heavy atom. The number of carbonyl (C=O) groups excluding carboxylic acids is 2. The van der Waals surface area contributed by atoms with E-state index in [2.05, 4.69) is 19.7 Å². The SMILES string of the molecule is C=C(C)C(=O)OCC(COC(=O)C(=C)C)(COC(O)C(=C)C)[N+](=O)[O-]. The van der Waals surface area contributed by atoms with Crippen LogP contribution >= 0.6 is 0 Å². The largest absolute Gasteiger partial charge is 0.454 e. The van der Waals surface area contributed by atoms with Crippen molar-refractivity contribution < 1.29 is 33.8 Å². The fourth-order valence-electron chi connectivity index (χ4n) is 1.31. The molecule has 0 bridgehead atoms. The first-order chi connectivity index (χ1) is 11.4. The van der Waals surface area contributed by atoms with Crippen LogP contribution in [0.1, 0.15) is 20.8 Å². The van der Waals surface area contributed by atoms with E-state index in [4.69, 9.17) is 14.2 Å². The Labute approximate surface area is 145 Å². The van der Waals surface area contributed by atoms with Crippen molar-refractivity contribution in [3.8, 4) is 0 Å². The number of nitrogens with zero attached hydrogens (tertiary/aromatic N) is 1. The van der Waals surface area contributed by atoms with Gasteiger partial charge in [0.25, 0.3) is 0 Å². The highest BCUT2D eigenvalue weighted by molar-refractivity contribution is 5.87. The van der Waals surface area contributed by atoms with E-state index >= 15 is 0 Å². The maximum Gasteiger partial charge on any atom is 0.333 e. The van der Waals surface area contributed by atoms with E-state index in [1.807, 2.05) is 0 Å². The minimum absolute atomic E-state index is 0.0408. The number of carbonyl (C=O) groups is 2. The lowest BCUT2D eigenvalue weighted by molar-refractivity contribution is -0.582. The maximum absolute atomic E-state index is 11.6. The van der Waals surface area contributed by atoms with Crippen LogP contribution in [0.2, 0.25) is 0 Å². The zero-order chi connectivity index (χ0) is 19.8. The molecule has 0 aliphatic heterocycles. The molecule has 25 heavy (non-hydrogen) atoms. The van der Waals surface area contributed by atoms with Crippen molar-refractivity contribution in [3.05, 3.63) is 46.6 Å². The van der Waals surface area contributed by atoms with Gasteiger partial charge in [-0.3, -0.25) is 10.1 Å². The van der Waals surface area contributed by atoms with Gasteiger partial charge in [0.1, 0.15) is 6.61 Å². The lowest BCUT2D eigenvalue weighted by atomic mass is 10.0. The van der Waals surface area contributed by atoms with Crippen molar-refractivity contribution in [2.24, 2.45) is 0 Å². The summed E-state index contributed by atoms with van der Waals surface area (Å²) in [7, 11) is 0. The van der Waals surface area contributed by atoms with Crippen molar-refractivity contribution in [3.63, 3.8) is 0 Å². The van der Waals surface area contributed by atoms with E-state index in [1.54, 1.807) is 0 Å². The minimum Gasteiger partial charge on any atom is -0.454 e. The predicted octanol–water partition coefficient (Wildman–Crippen LogP) is 1.15. The molecular weight excluding hydrogens is 334 g/mol. The molecule has 0 amide bonds. The Morgan fingerprint density at radius 1 is 1.04 bits per heavy atom. The maximum atomic E-state index is 11.6. The molecule has 0 heterocycles. The predicted molar refractivity (Wildman–Crippen MR) is 88.0 cm³/mol. The van der Waals surface area contributed by atoms with Gasteiger partial charge in [-0.25, -0.2) is 9.59 Å². The van der Waals surface area contributed by atoms with Crippen molar-refractivity contribution in [2.45, 2.75) is 32.6 Å². The highest BCUT2D eigenvalue weighted by Crippen LogP contribution is 2.17. The molecular formula is C16H23NO8. The van der Waals surface area contributed by atoms with Crippen molar-refractivity contribution >= 4 is 11.9 Å². The smallest absolute Gasteiger partial charge is 0.333 e. The number of aliphatic hydroxyl groups is 1. The van der Waals surface area contributed by atoms with Crippen LogP contribution in [-0.2, 0) is 23.8 Å². The Bertz CT molecular complexity index is 551. The number of hydrogen-bond donors (Lipinski definition) is 1. The van der Waals surface area contributed by atoms with Crippen LogP contribution in [0.25, 0.3) is 0 Å². The number of ether oxygens (including phenoxy) is 3. The molecule has 0 rings (SSSR count). The quantitative estimate of drug-likeness (QED) is 0.146. The molecule has 9 heteroatoms. The molecule has 1 N–H and O–H groups in total.